The third-order valence-corrected chi connectivity index (χ3v) is 4.50. The van der Waals surface area contributed by atoms with Crippen molar-refractivity contribution >= 4 is 12.1 Å². The van der Waals surface area contributed by atoms with Gasteiger partial charge in [-0.3, -0.25) is 4.99 Å². The van der Waals surface area contributed by atoms with Gasteiger partial charge in [0.15, 0.2) is 5.96 Å². The van der Waals surface area contributed by atoms with Gasteiger partial charge >= 0.3 is 6.09 Å². The number of aliphatic imine (C=N–C) groups is 1. The van der Waals surface area contributed by atoms with E-state index < -0.39 is 17.2 Å². The second-order valence-electron chi connectivity index (χ2n) is 9.17. The van der Waals surface area contributed by atoms with E-state index in [0.717, 1.165) is 31.4 Å². The molecule has 158 valence electrons. The summed E-state index contributed by atoms with van der Waals surface area (Å²) < 4.78 is 5.33. The number of hydrogen-bond acceptors (Lipinski definition) is 4. The summed E-state index contributed by atoms with van der Waals surface area (Å²) in [7, 11) is 2.19. The van der Waals surface area contributed by atoms with E-state index in [9.17, 15) is 4.79 Å². The molecule has 0 aromatic heterocycles. The number of likely N-dealkylation sites (tertiary alicyclic amines) is 1. The van der Waals surface area contributed by atoms with Crippen LogP contribution in [0.15, 0.2) is 4.99 Å². The molecule has 0 radical (unpaired) electrons. The number of piperidine rings is 1. The molecule has 0 aromatic rings. The highest BCUT2D eigenvalue weighted by Gasteiger charge is 2.24. The molecule has 1 rings (SSSR count). The molecule has 0 aliphatic carbocycles. The van der Waals surface area contributed by atoms with Gasteiger partial charge in [0.05, 0.1) is 12.1 Å². The lowest BCUT2D eigenvalue weighted by atomic mass is 9.94. The Morgan fingerprint density at radius 3 is 2.33 bits per heavy atom. The zero-order valence-electron chi connectivity index (χ0n) is 18.4. The number of alkyl carbamates (subject to hydrolysis) is 1. The average Bonchev–Trinajstić information content (AvgIpc) is 2.52. The number of ether oxygens (including phenoxy) is 1. The first-order valence-electron chi connectivity index (χ1n) is 10.2. The smallest absolute Gasteiger partial charge is 0.408 e. The van der Waals surface area contributed by atoms with Crippen LogP contribution in [0.2, 0.25) is 0 Å². The summed E-state index contributed by atoms with van der Waals surface area (Å²) in [6.45, 7) is 16.1. The lowest BCUT2D eigenvalue weighted by molar-refractivity contribution is 0.0476. The van der Waals surface area contributed by atoms with Crippen molar-refractivity contribution in [1.82, 2.24) is 20.9 Å². The van der Waals surface area contributed by atoms with E-state index in [0.29, 0.717) is 6.54 Å². The number of carbonyl (C=O) groups is 1. The molecule has 0 spiro atoms. The molecule has 27 heavy (non-hydrogen) atoms. The number of hydrogen-bond donors (Lipinski definition) is 3. The minimum Gasteiger partial charge on any atom is -0.444 e. The van der Waals surface area contributed by atoms with Crippen LogP contribution in [-0.2, 0) is 4.74 Å². The van der Waals surface area contributed by atoms with E-state index in [-0.39, 0.29) is 0 Å². The Kier molecular flexibility index (Phi) is 9.36. The minimum atomic E-state index is -0.506. The van der Waals surface area contributed by atoms with E-state index in [1.807, 2.05) is 34.6 Å². The van der Waals surface area contributed by atoms with Gasteiger partial charge in [-0.2, -0.15) is 0 Å². The SMILES string of the molecule is CCNC(=NCC(C)(C)NC(=O)OC(C)(C)C)NCCC1CCN(C)CC1. The molecule has 3 N–H and O–H groups in total. The van der Waals surface area contributed by atoms with E-state index in [1.165, 1.54) is 25.9 Å². The molecule has 1 fully saturated rings. The van der Waals surface area contributed by atoms with Crippen molar-refractivity contribution in [2.45, 2.75) is 71.9 Å². The highest BCUT2D eigenvalue weighted by atomic mass is 16.6. The summed E-state index contributed by atoms with van der Waals surface area (Å²) in [6, 6.07) is 0. The van der Waals surface area contributed by atoms with Crippen LogP contribution < -0.4 is 16.0 Å². The van der Waals surface area contributed by atoms with Crippen molar-refractivity contribution in [2.75, 3.05) is 39.8 Å². The summed E-state index contributed by atoms with van der Waals surface area (Å²) in [6.07, 6.45) is 3.30. The van der Waals surface area contributed by atoms with Gasteiger partial charge in [-0.1, -0.05) is 0 Å². The highest BCUT2D eigenvalue weighted by Crippen LogP contribution is 2.18. The zero-order valence-corrected chi connectivity index (χ0v) is 18.4. The first kappa shape index (κ1) is 23.5. The van der Waals surface area contributed by atoms with Gasteiger partial charge in [0.2, 0.25) is 0 Å². The molecule has 0 bridgehead atoms. The van der Waals surface area contributed by atoms with Crippen molar-refractivity contribution in [3.05, 3.63) is 0 Å². The summed E-state index contributed by atoms with van der Waals surface area (Å²) >= 11 is 0. The second kappa shape index (κ2) is 10.7. The zero-order chi connectivity index (χ0) is 20.5. The first-order valence-corrected chi connectivity index (χ1v) is 10.2. The molecule has 0 unspecified atom stereocenters. The molecule has 1 aliphatic heterocycles. The predicted octanol–water partition coefficient (Wildman–Crippen LogP) is 2.58. The van der Waals surface area contributed by atoms with E-state index >= 15 is 0 Å². The number of amides is 1. The predicted molar refractivity (Wildman–Crippen MR) is 112 cm³/mol. The van der Waals surface area contributed by atoms with Crippen molar-refractivity contribution < 1.29 is 9.53 Å². The molecule has 1 amide bonds. The fraction of sp³-hybridized carbons (Fsp3) is 0.900. The Morgan fingerprint density at radius 2 is 1.78 bits per heavy atom. The number of nitrogens with one attached hydrogen (secondary N) is 3. The molecular formula is C20H41N5O2. The lowest BCUT2D eigenvalue weighted by Gasteiger charge is -2.29. The van der Waals surface area contributed by atoms with Gasteiger partial charge in [0.1, 0.15) is 5.60 Å². The van der Waals surface area contributed by atoms with Gasteiger partial charge < -0.3 is 25.6 Å². The Morgan fingerprint density at radius 1 is 1.15 bits per heavy atom. The highest BCUT2D eigenvalue weighted by molar-refractivity contribution is 5.79. The third-order valence-electron chi connectivity index (χ3n) is 4.50. The Labute approximate surface area is 165 Å². The van der Waals surface area contributed by atoms with Gasteiger partial charge in [-0.05, 0) is 86.9 Å². The maximum Gasteiger partial charge on any atom is 0.408 e. The van der Waals surface area contributed by atoms with Crippen LogP contribution in [-0.4, -0.2) is 67.9 Å². The van der Waals surface area contributed by atoms with Gasteiger partial charge in [0.25, 0.3) is 0 Å². The van der Waals surface area contributed by atoms with E-state index in [4.69, 9.17) is 4.74 Å². The summed E-state index contributed by atoms with van der Waals surface area (Å²) in [5.41, 5.74) is -0.994. The standard InChI is InChI=1S/C20H41N5O2/c1-8-21-17(22-12-9-16-10-13-25(7)14-11-16)23-15-20(5,6)24-18(26)27-19(2,3)4/h16H,8-15H2,1-7H3,(H,24,26)(H2,21,22,23). The Hall–Kier alpha value is -1.50. The second-order valence-corrected chi connectivity index (χ2v) is 9.17. The van der Waals surface area contributed by atoms with Crippen molar-refractivity contribution in [2.24, 2.45) is 10.9 Å². The van der Waals surface area contributed by atoms with E-state index in [2.05, 4.69) is 39.8 Å². The fourth-order valence-electron chi connectivity index (χ4n) is 2.98. The topological polar surface area (TPSA) is 78.0 Å². The monoisotopic (exact) mass is 383 g/mol. The summed E-state index contributed by atoms with van der Waals surface area (Å²) in [5.74, 6) is 1.59. The van der Waals surface area contributed by atoms with Crippen LogP contribution in [0.4, 0.5) is 4.79 Å². The van der Waals surface area contributed by atoms with Crippen molar-refractivity contribution in [3.8, 4) is 0 Å². The molecular weight excluding hydrogens is 342 g/mol. The quantitative estimate of drug-likeness (QED) is 0.465. The van der Waals surface area contributed by atoms with Crippen LogP contribution in [0.5, 0.6) is 0 Å². The van der Waals surface area contributed by atoms with Gasteiger partial charge in [0, 0.05) is 13.1 Å². The number of carbonyl (C=O) groups excluding carboxylic acids is 1. The average molecular weight is 384 g/mol. The molecule has 1 aliphatic rings. The Bertz CT molecular complexity index is 477. The molecule has 7 nitrogen and oxygen atoms in total. The largest absolute Gasteiger partial charge is 0.444 e. The third kappa shape index (κ3) is 11.1. The van der Waals surface area contributed by atoms with Gasteiger partial charge in [-0.25, -0.2) is 4.79 Å². The van der Waals surface area contributed by atoms with Crippen LogP contribution in [0.3, 0.4) is 0 Å². The van der Waals surface area contributed by atoms with Crippen LogP contribution in [0.1, 0.15) is 60.8 Å². The van der Waals surface area contributed by atoms with Crippen molar-refractivity contribution in [1.29, 1.82) is 0 Å². The summed E-state index contributed by atoms with van der Waals surface area (Å²) in [5, 5.41) is 9.60. The number of guanidine groups is 1. The fourth-order valence-corrected chi connectivity index (χ4v) is 2.98. The molecule has 7 heteroatoms. The minimum absolute atomic E-state index is 0.414. The first-order chi connectivity index (χ1) is 12.5. The van der Waals surface area contributed by atoms with Crippen molar-refractivity contribution in [3.63, 3.8) is 0 Å². The molecule has 1 saturated heterocycles. The van der Waals surface area contributed by atoms with Crippen LogP contribution in [0.25, 0.3) is 0 Å². The maximum absolute atomic E-state index is 12.0. The molecule has 0 aromatic carbocycles. The van der Waals surface area contributed by atoms with Crippen LogP contribution >= 0.6 is 0 Å². The summed E-state index contributed by atoms with van der Waals surface area (Å²) in [4.78, 5) is 19.0. The molecule has 0 saturated carbocycles. The number of rotatable bonds is 7. The van der Waals surface area contributed by atoms with Gasteiger partial charge in [-0.15, -0.1) is 0 Å². The molecule has 1 heterocycles. The van der Waals surface area contributed by atoms with E-state index in [1.54, 1.807) is 0 Å². The maximum atomic E-state index is 12.0. The lowest BCUT2D eigenvalue weighted by Crippen LogP contribution is -2.49. The number of nitrogens with zero attached hydrogens (tertiary/aromatic N) is 2. The Balaban J connectivity index is 2.45. The van der Waals surface area contributed by atoms with Crippen LogP contribution in [0, 0.1) is 5.92 Å². The molecule has 0 atom stereocenters. The normalized spacial score (nSPS) is 17.5.